The molecule has 0 amide bonds. The Morgan fingerprint density at radius 1 is 1.02 bits per heavy atom. The number of Topliss-reactive ketones (excluding diaryl/α,β-unsaturated/α-hetero) is 1. The number of benzene rings is 2. The second kappa shape index (κ2) is 12.8. The highest BCUT2D eigenvalue weighted by Gasteiger charge is 2.28. The molecule has 0 radical (unpaired) electrons. The lowest BCUT2D eigenvalue weighted by Gasteiger charge is -2.28. The Balaban J connectivity index is 1.28. The molecule has 0 bridgehead atoms. The molecule has 5 aromatic rings. The number of fused-ring (bicyclic) bond motifs is 2. The summed E-state index contributed by atoms with van der Waals surface area (Å²) in [5, 5.41) is 4.54. The molecule has 1 aliphatic rings. The van der Waals surface area contributed by atoms with Gasteiger partial charge in [-0.1, -0.05) is 18.2 Å². The number of nitrogens with one attached hydrogen (secondary N) is 1. The van der Waals surface area contributed by atoms with Gasteiger partial charge in [0.2, 0.25) is 0 Å². The van der Waals surface area contributed by atoms with Crippen LogP contribution in [0.3, 0.4) is 0 Å². The molecule has 44 heavy (non-hydrogen) atoms. The van der Waals surface area contributed by atoms with Crippen LogP contribution in [0.2, 0.25) is 0 Å². The van der Waals surface area contributed by atoms with Crippen molar-refractivity contribution in [2.24, 2.45) is 7.05 Å². The quantitative estimate of drug-likeness (QED) is 0.150. The van der Waals surface area contributed by atoms with E-state index in [1.54, 1.807) is 21.3 Å². The van der Waals surface area contributed by atoms with E-state index in [0.717, 1.165) is 89.3 Å². The van der Waals surface area contributed by atoms with E-state index in [9.17, 15) is 4.79 Å². The van der Waals surface area contributed by atoms with Crippen LogP contribution >= 0.6 is 0 Å². The van der Waals surface area contributed by atoms with Crippen LogP contribution in [0.15, 0.2) is 54.9 Å². The van der Waals surface area contributed by atoms with Gasteiger partial charge < -0.3 is 24.1 Å². The number of ether oxygens (including phenoxy) is 3. The molecule has 0 aliphatic heterocycles. The van der Waals surface area contributed by atoms with Crippen molar-refractivity contribution in [2.75, 3.05) is 34.5 Å². The number of nitrogens with zero attached hydrogens (tertiary/aromatic N) is 4. The monoisotopic (exact) mass is 595 g/mol. The molecule has 9 nitrogen and oxygen atoms in total. The third kappa shape index (κ3) is 5.57. The summed E-state index contributed by atoms with van der Waals surface area (Å²) in [5.41, 5.74) is 6.20. The van der Waals surface area contributed by atoms with Crippen molar-refractivity contribution in [3.63, 3.8) is 0 Å². The number of imidazole rings is 1. The van der Waals surface area contributed by atoms with Gasteiger partial charge in [0, 0.05) is 68.0 Å². The summed E-state index contributed by atoms with van der Waals surface area (Å²) in [6.07, 6.45) is 8.48. The lowest BCUT2D eigenvalue weighted by molar-refractivity contribution is 0.0984. The number of hydrogen-bond donors (Lipinski definition) is 1. The normalized spacial score (nSPS) is 16.9. The smallest absolute Gasteiger partial charge is 0.183 e. The van der Waals surface area contributed by atoms with Crippen molar-refractivity contribution >= 4 is 22.2 Å². The molecule has 3 aromatic heterocycles. The fourth-order valence-corrected chi connectivity index (χ4v) is 6.71. The molecule has 9 heteroatoms. The maximum Gasteiger partial charge on any atom is 0.183 e. The van der Waals surface area contributed by atoms with Crippen molar-refractivity contribution in [2.45, 2.75) is 51.0 Å². The molecule has 0 spiro atoms. The van der Waals surface area contributed by atoms with E-state index >= 15 is 0 Å². The summed E-state index contributed by atoms with van der Waals surface area (Å²) in [6, 6.07) is 14.3. The summed E-state index contributed by atoms with van der Waals surface area (Å²) in [7, 11) is 6.95. The Labute approximate surface area is 258 Å². The molecule has 1 saturated carbocycles. The van der Waals surface area contributed by atoms with Crippen LogP contribution in [0.25, 0.3) is 27.7 Å². The van der Waals surface area contributed by atoms with Crippen molar-refractivity contribution in [1.29, 1.82) is 0 Å². The third-order valence-electron chi connectivity index (χ3n) is 9.06. The highest BCUT2D eigenvalue weighted by atomic mass is 16.5. The number of methoxy groups -OCH3 is 3. The van der Waals surface area contributed by atoms with Gasteiger partial charge in [-0.15, -0.1) is 0 Å². The van der Waals surface area contributed by atoms with E-state index in [4.69, 9.17) is 19.2 Å². The van der Waals surface area contributed by atoms with Crippen molar-refractivity contribution in [3.05, 3.63) is 77.6 Å². The zero-order valence-corrected chi connectivity index (χ0v) is 26.2. The topological polar surface area (TPSA) is 91.9 Å². The number of aryl methyl sites for hydroxylation is 2. The number of rotatable bonds is 11. The van der Waals surface area contributed by atoms with E-state index in [0.29, 0.717) is 23.4 Å². The van der Waals surface area contributed by atoms with Crippen molar-refractivity contribution in [1.82, 2.24) is 24.3 Å². The first-order valence-electron chi connectivity index (χ1n) is 15.3. The number of carbonyl (C=O) groups is 1. The van der Waals surface area contributed by atoms with Crippen LogP contribution in [0.1, 0.15) is 59.2 Å². The molecular formula is C35H41N5O4. The van der Waals surface area contributed by atoms with Crippen LogP contribution in [0.5, 0.6) is 11.5 Å². The van der Waals surface area contributed by atoms with Gasteiger partial charge in [-0.25, -0.2) is 4.98 Å². The third-order valence-corrected chi connectivity index (χ3v) is 9.06. The Morgan fingerprint density at radius 2 is 1.82 bits per heavy atom. The number of hydrogen-bond acceptors (Lipinski definition) is 7. The zero-order chi connectivity index (χ0) is 30.8. The average molecular weight is 596 g/mol. The largest absolute Gasteiger partial charge is 0.496 e. The highest BCUT2D eigenvalue weighted by Crippen LogP contribution is 2.38. The second-order valence-corrected chi connectivity index (χ2v) is 11.7. The molecular weight excluding hydrogens is 554 g/mol. The summed E-state index contributed by atoms with van der Waals surface area (Å²) < 4.78 is 20.7. The van der Waals surface area contributed by atoms with Gasteiger partial charge in [0.15, 0.2) is 5.78 Å². The molecule has 1 fully saturated rings. The van der Waals surface area contributed by atoms with Gasteiger partial charge in [0.25, 0.3) is 0 Å². The lowest BCUT2D eigenvalue weighted by Crippen LogP contribution is -2.35. The van der Waals surface area contributed by atoms with E-state index < -0.39 is 0 Å². The first-order chi connectivity index (χ1) is 21.4. The van der Waals surface area contributed by atoms with Crippen LogP contribution in [-0.2, 0) is 18.2 Å². The summed E-state index contributed by atoms with van der Waals surface area (Å²) >= 11 is 0. The van der Waals surface area contributed by atoms with Gasteiger partial charge in [0.05, 0.1) is 48.9 Å². The van der Waals surface area contributed by atoms with Gasteiger partial charge in [0.1, 0.15) is 17.3 Å². The first-order valence-corrected chi connectivity index (χ1v) is 15.3. The zero-order valence-electron chi connectivity index (χ0n) is 26.2. The van der Waals surface area contributed by atoms with Crippen LogP contribution in [0, 0.1) is 6.92 Å². The summed E-state index contributed by atoms with van der Waals surface area (Å²) in [6.45, 7) is 3.65. The Kier molecular flexibility index (Phi) is 8.68. The predicted octanol–water partition coefficient (Wildman–Crippen LogP) is 5.90. The van der Waals surface area contributed by atoms with Crippen LogP contribution in [0.4, 0.5) is 0 Å². The minimum absolute atomic E-state index is 0.0129. The van der Waals surface area contributed by atoms with Gasteiger partial charge in [-0.3, -0.25) is 14.2 Å². The van der Waals surface area contributed by atoms with Gasteiger partial charge in [-0.05, 0) is 56.9 Å². The highest BCUT2D eigenvalue weighted by molar-refractivity contribution is 6.02. The molecule has 1 aliphatic carbocycles. The van der Waals surface area contributed by atoms with E-state index in [1.807, 2.05) is 73.4 Å². The summed E-state index contributed by atoms with van der Waals surface area (Å²) in [5.74, 6) is 2.89. The van der Waals surface area contributed by atoms with E-state index in [-0.39, 0.29) is 12.2 Å². The molecule has 0 saturated heterocycles. The number of ketones is 1. The minimum atomic E-state index is 0.0129. The summed E-state index contributed by atoms with van der Waals surface area (Å²) in [4.78, 5) is 23.4. The van der Waals surface area contributed by atoms with Crippen molar-refractivity contribution in [3.8, 4) is 22.8 Å². The Morgan fingerprint density at radius 3 is 2.57 bits per heavy atom. The van der Waals surface area contributed by atoms with Gasteiger partial charge >= 0.3 is 0 Å². The molecule has 1 N–H and O–H groups in total. The fourth-order valence-electron chi connectivity index (χ4n) is 6.71. The molecule has 6 rings (SSSR count). The lowest BCUT2D eigenvalue weighted by atomic mass is 9.85. The van der Waals surface area contributed by atoms with E-state index in [1.165, 1.54) is 0 Å². The standard InChI is InChI=1S/C35H41N5O4/c1-22-34-33(38-35(40(34)17-15-36-22)23-11-13-26(14-12-23)37-16-18-42-3)25-10-9-24(32(20-25)44-5)19-30(41)29-21-27-28(39(29)2)7-6-8-31(27)43-4/h6-10,15,17,20-21,23,26,37H,11-14,16,18-19H2,1-5H3. The van der Waals surface area contributed by atoms with Gasteiger partial charge in [-0.2, -0.15) is 0 Å². The predicted molar refractivity (Wildman–Crippen MR) is 172 cm³/mol. The Bertz CT molecular complexity index is 1800. The SMILES string of the molecule is COCCNC1CCC(c2nc(-c3ccc(CC(=O)c4cc5c(OC)cccc5n4C)c(OC)c3)c3c(C)nccn23)CC1. The molecule has 3 heterocycles. The molecule has 0 atom stereocenters. The fraction of sp³-hybridized carbons (Fsp3) is 0.400. The molecule has 2 aromatic carbocycles. The Hall–Kier alpha value is -4.21. The van der Waals surface area contributed by atoms with Crippen LogP contribution in [-0.4, -0.2) is 65.2 Å². The maximum atomic E-state index is 13.6. The maximum absolute atomic E-state index is 13.6. The molecule has 0 unspecified atom stereocenters. The minimum Gasteiger partial charge on any atom is -0.496 e. The second-order valence-electron chi connectivity index (χ2n) is 11.7. The molecule has 230 valence electrons. The van der Waals surface area contributed by atoms with E-state index in [2.05, 4.69) is 14.7 Å². The van der Waals surface area contributed by atoms with Crippen molar-refractivity contribution < 1.29 is 19.0 Å². The number of carbonyl (C=O) groups excluding carboxylic acids is 1. The first kappa shape index (κ1) is 29.8. The van der Waals surface area contributed by atoms with Crippen LogP contribution < -0.4 is 14.8 Å². The number of aromatic nitrogens is 4. The average Bonchev–Trinajstić information content (AvgIpc) is 3.61.